The molecule has 4 aliphatic rings. The molecule has 0 aromatic heterocycles. The molecule has 4 aliphatic carbocycles. The number of fused-ring (bicyclic) bond motifs is 1. The Hall–Kier alpha value is -2.36. The lowest BCUT2D eigenvalue weighted by Gasteiger charge is -2.55. The first-order valence-electron chi connectivity index (χ1n) is 9.51. The highest BCUT2D eigenvalue weighted by molar-refractivity contribution is 6.02. The minimum Gasteiger partial charge on any atom is -0.478 e. The Balaban J connectivity index is 1.54. The Morgan fingerprint density at radius 1 is 0.923 bits per heavy atom. The average molecular weight is 350 g/mol. The third kappa shape index (κ3) is 2.35. The molecule has 0 spiro atoms. The molecule has 4 saturated carbocycles. The monoisotopic (exact) mass is 350 g/mol. The van der Waals surface area contributed by atoms with E-state index in [1.54, 1.807) is 6.07 Å². The second-order valence-corrected chi connectivity index (χ2v) is 8.56. The van der Waals surface area contributed by atoms with Crippen molar-refractivity contribution in [3.05, 3.63) is 42.0 Å². The summed E-state index contributed by atoms with van der Waals surface area (Å²) in [5, 5.41) is 11.1. The highest BCUT2D eigenvalue weighted by Crippen LogP contribution is 2.60. The maximum atomic E-state index is 13.3. The van der Waals surface area contributed by atoms with Crippen LogP contribution in [0.1, 0.15) is 48.9 Å². The molecule has 0 atom stereocenters. The van der Waals surface area contributed by atoms with E-state index in [9.17, 15) is 14.7 Å². The molecule has 4 heteroatoms. The molecule has 0 amide bonds. The van der Waals surface area contributed by atoms with Crippen molar-refractivity contribution in [1.29, 1.82) is 0 Å². The Morgan fingerprint density at radius 2 is 1.54 bits per heavy atom. The van der Waals surface area contributed by atoms with Gasteiger partial charge in [0, 0.05) is 5.39 Å². The fourth-order valence-electron chi connectivity index (χ4n) is 6.08. The molecule has 0 aliphatic heterocycles. The van der Waals surface area contributed by atoms with Crippen molar-refractivity contribution in [2.45, 2.75) is 38.5 Å². The van der Waals surface area contributed by atoms with Gasteiger partial charge in [-0.3, -0.25) is 4.79 Å². The molecular weight excluding hydrogens is 328 g/mol. The lowest BCUT2D eigenvalue weighted by Crippen LogP contribution is -2.51. The van der Waals surface area contributed by atoms with E-state index in [1.165, 1.54) is 25.3 Å². The maximum Gasteiger partial charge on any atom is 0.339 e. The summed E-state index contributed by atoms with van der Waals surface area (Å²) in [6, 6.07) is 10.8. The van der Waals surface area contributed by atoms with Crippen molar-refractivity contribution >= 4 is 22.7 Å². The Kier molecular flexibility index (Phi) is 3.40. The Labute approximate surface area is 152 Å². The van der Waals surface area contributed by atoms with Gasteiger partial charge in [-0.15, -0.1) is 0 Å². The summed E-state index contributed by atoms with van der Waals surface area (Å²) in [7, 11) is 0. The zero-order valence-electron chi connectivity index (χ0n) is 14.6. The Bertz CT molecular complexity index is 878. The molecule has 0 radical (unpaired) electrons. The van der Waals surface area contributed by atoms with Crippen LogP contribution in [0, 0.1) is 23.2 Å². The van der Waals surface area contributed by atoms with Crippen molar-refractivity contribution in [2.75, 3.05) is 0 Å². The topological polar surface area (TPSA) is 63.6 Å². The number of carboxylic acids is 1. The van der Waals surface area contributed by atoms with Gasteiger partial charge in [0.1, 0.15) is 5.56 Å². The van der Waals surface area contributed by atoms with E-state index in [0.29, 0.717) is 23.1 Å². The van der Waals surface area contributed by atoms with Crippen LogP contribution in [0.15, 0.2) is 36.4 Å². The van der Waals surface area contributed by atoms with Gasteiger partial charge in [-0.1, -0.05) is 30.3 Å². The van der Waals surface area contributed by atoms with Gasteiger partial charge < -0.3 is 9.84 Å². The standard InChI is InChI=1S/C22H22O4/c23-20(24)18-6-5-16-3-1-2-4-17(16)19(18)26-21(25)22-10-13-7-14(11-22)9-15(8-13)12-22/h1-6,13-15H,7-12H2,(H,23,24). The van der Waals surface area contributed by atoms with E-state index >= 15 is 0 Å². The summed E-state index contributed by atoms with van der Waals surface area (Å²) in [5.74, 6) is 0.844. The second kappa shape index (κ2) is 5.57. The van der Waals surface area contributed by atoms with E-state index in [1.807, 2.05) is 24.3 Å². The van der Waals surface area contributed by atoms with Gasteiger partial charge in [0.25, 0.3) is 0 Å². The average Bonchev–Trinajstić information content (AvgIpc) is 2.60. The number of carbonyl (C=O) groups is 2. The van der Waals surface area contributed by atoms with Crippen molar-refractivity contribution in [1.82, 2.24) is 0 Å². The summed E-state index contributed by atoms with van der Waals surface area (Å²) in [6.45, 7) is 0. The van der Waals surface area contributed by atoms with Crippen LogP contribution in [0.5, 0.6) is 5.75 Å². The summed E-state index contributed by atoms with van der Waals surface area (Å²) < 4.78 is 5.89. The number of aromatic carboxylic acids is 1. The SMILES string of the molecule is O=C(O)c1ccc2ccccc2c1OC(=O)C12CC3CC(CC(C3)C1)C2. The molecule has 6 rings (SSSR count). The predicted molar refractivity (Wildman–Crippen MR) is 97.1 cm³/mol. The second-order valence-electron chi connectivity index (χ2n) is 8.56. The molecule has 2 aromatic carbocycles. The Morgan fingerprint density at radius 3 is 2.15 bits per heavy atom. The number of hydrogen-bond donors (Lipinski definition) is 1. The van der Waals surface area contributed by atoms with E-state index in [4.69, 9.17) is 4.74 Å². The van der Waals surface area contributed by atoms with Crippen molar-refractivity contribution in [3.63, 3.8) is 0 Å². The smallest absolute Gasteiger partial charge is 0.339 e. The van der Waals surface area contributed by atoms with Gasteiger partial charge in [0.05, 0.1) is 5.41 Å². The molecule has 0 saturated heterocycles. The highest BCUT2D eigenvalue weighted by atomic mass is 16.5. The zero-order valence-corrected chi connectivity index (χ0v) is 14.6. The number of carboxylic acid groups (broad SMARTS) is 1. The highest BCUT2D eigenvalue weighted by Gasteiger charge is 2.55. The summed E-state index contributed by atoms with van der Waals surface area (Å²) in [4.78, 5) is 25.0. The van der Waals surface area contributed by atoms with Crippen LogP contribution in [-0.2, 0) is 4.79 Å². The lowest BCUT2D eigenvalue weighted by atomic mass is 9.49. The number of ether oxygens (including phenoxy) is 1. The molecular formula is C22H22O4. The van der Waals surface area contributed by atoms with E-state index in [-0.39, 0.29) is 17.3 Å². The minimum absolute atomic E-state index is 0.0572. The van der Waals surface area contributed by atoms with Gasteiger partial charge >= 0.3 is 11.9 Å². The molecule has 0 heterocycles. The van der Waals surface area contributed by atoms with Crippen LogP contribution in [-0.4, -0.2) is 17.0 Å². The number of rotatable bonds is 3. The molecule has 134 valence electrons. The number of carbonyl (C=O) groups excluding carboxylic acids is 1. The van der Waals surface area contributed by atoms with E-state index < -0.39 is 11.4 Å². The summed E-state index contributed by atoms with van der Waals surface area (Å²) in [5.41, 5.74) is -0.344. The van der Waals surface area contributed by atoms with Gasteiger partial charge in [-0.2, -0.15) is 0 Å². The lowest BCUT2D eigenvalue weighted by molar-refractivity contribution is -0.161. The fraction of sp³-hybridized carbons (Fsp3) is 0.455. The normalized spacial score (nSPS) is 31.9. The first-order valence-corrected chi connectivity index (χ1v) is 9.51. The molecule has 1 N–H and O–H groups in total. The molecule has 0 unspecified atom stereocenters. The van der Waals surface area contributed by atoms with Crippen LogP contribution >= 0.6 is 0 Å². The quantitative estimate of drug-likeness (QED) is 0.646. The molecule has 4 bridgehead atoms. The first kappa shape index (κ1) is 15.9. The van der Waals surface area contributed by atoms with E-state index in [2.05, 4.69) is 0 Å². The van der Waals surface area contributed by atoms with Gasteiger partial charge in [-0.05, 0) is 67.7 Å². The fourth-order valence-corrected chi connectivity index (χ4v) is 6.08. The van der Waals surface area contributed by atoms with E-state index in [0.717, 1.165) is 24.6 Å². The van der Waals surface area contributed by atoms with Crippen LogP contribution in [0.2, 0.25) is 0 Å². The van der Waals surface area contributed by atoms with Crippen LogP contribution in [0.25, 0.3) is 10.8 Å². The van der Waals surface area contributed by atoms with Crippen LogP contribution in [0.4, 0.5) is 0 Å². The number of esters is 1. The van der Waals surface area contributed by atoms with Gasteiger partial charge in [-0.25, -0.2) is 4.79 Å². The third-order valence-electron chi connectivity index (χ3n) is 6.78. The van der Waals surface area contributed by atoms with Crippen molar-refractivity contribution < 1.29 is 19.4 Å². The van der Waals surface area contributed by atoms with Crippen molar-refractivity contribution in [3.8, 4) is 5.75 Å². The molecule has 26 heavy (non-hydrogen) atoms. The minimum atomic E-state index is -1.07. The molecule has 4 fully saturated rings. The van der Waals surface area contributed by atoms with Gasteiger partial charge in [0.2, 0.25) is 0 Å². The summed E-state index contributed by atoms with van der Waals surface area (Å²) >= 11 is 0. The third-order valence-corrected chi connectivity index (χ3v) is 6.78. The van der Waals surface area contributed by atoms with Crippen LogP contribution < -0.4 is 4.74 Å². The van der Waals surface area contributed by atoms with Gasteiger partial charge in [0.15, 0.2) is 5.75 Å². The molecule has 2 aromatic rings. The summed E-state index contributed by atoms with van der Waals surface area (Å²) in [6.07, 6.45) is 6.48. The number of hydrogen-bond acceptors (Lipinski definition) is 3. The number of benzene rings is 2. The largest absolute Gasteiger partial charge is 0.478 e. The zero-order chi connectivity index (χ0) is 17.9. The van der Waals surface area contributed by atoms with Crippen LogP contribution in [0.3, 0.4) is 0 Å². The molecule has 4 nitrogen and oxygen atoms in total. The first-order chi connectivity index (χ1) is 12.5. The predicted octanol–water partition coefficient (Wildman–Crippen LogP) is 4.66. The maximum absolute atomic E-state index is 13.3. The van der Waals surface area contributed by atoms with Crippen molar-refractivity contribution in [2.24, 2.45) is 23.2 Å².